The van der Waals surface area contributed by atoms with E-state index in [-0.39, 0.29) is 5.92 Å². The van der Waals surface area contributed by atoms with Crippen LogP contribution in [0.1, 0.15) is 22.6 Å². The Morgan fingerprint density at radius 1 is 0.222 bits per heavy atom. The highest BCUT2D eigenvalue weighted by Gasteiger charge is 2.19. The van der Waals surface area contributed by atoms with Gasteiger partial charge in [0.1, 0.15) is 0 Å². The molecule has 0 unspecified atom stereocenters. The fourth-order valence-electron chi connectivity index (χ4n) is 10.0. The van der Waals surface area contributed by atoms with Crippen LogP contribution in [0.25, 0.3) is 38.4 Å². The van der Waals surface area contributed by atoms with Gasteiger partial charge in [-0.3, -0.25) is 0 Å². The molecule has 12 aromatic carbocycles. The Balaban J connectivity index is 0.924. The van der Waals surface area contributed by atoms with Gasteiger partial charge >= 0.3 is 0 Å². The smallest absolute Gasteiger partial charge is 0.0468 e. The zero-order valence-electron chi connectivity index (χ0n) is 39.8. The number of para-hydroxylation sites is 2. The van der Waals surface area contributed by atoms with Gasteiger partial charge in [0.25, 0.3) is 0 Å². The minimum absolute atomic E-state index is 0.0964. The number of hydrogen-bond donors (Lipinski definition) is 0. The molecule has 0 spiro atoms. The third-order valence-corrected chi connectivity index (χ3v) is 13.7. The molecule has 0 fully saturated rings. The van der Waals surface area contributed by atoms with Crippen LogP contribution in [-0.4, -0.2) is 0 Å². The van der Waals surface area contributed by atoms with Crippen molar-refractivity contribution >= 4 is 89.6 Å². The zero-order valence-corrected chi connectivity index (χ0v) is 39.8. The quantitative estimate of drug-likeness (QED) is 0.114. The number of benzene rings is 12. The van der Waals surface area contributed by atoms with Crippen molar-refractivity contribution in [2.45, 2.75) is 5.92 Å². The van der Waals surface area contributed by atoms with Gasteiger partial charge in [-0.15, -0.1) is 0 Å². The van der Waals surface area contributed by atoms with Crippen molar-refractivity contribution in [3.63, 3.8) is 0 Å². The van der Waals surface area contributed by atoms with Crippen molar-refractivity contribution in [3.8, 4) is 0 Å². The molecular formula is C69H51N3. The molecule has 0 N–H and O–H groups in total. The molecule has 0 aliphatic rings. The summed E-state index contributed by atoms with van der Waals surface area (Å²) in [4.78, 5) is 7.03. The summed E-state index contributed by atoms with van der Waals surface area (Å²) in [6.07, 6.45) is 4.60. The van der Waals surface area contributed by atoms with E-state index in [0.717, 1.165) is 56.7 Å². The highest BCUT2D eigenvalue weighted by atomic mass is 15.2. The maximum atomic E-state index is 2.36. The largest absolute Gasteiger partial charge is 0.311 e. The van der Waals surface area contributed by atoms with Crippen molar-refractivity contribution in [2.75, 3.05) is 14.7 Å². The predicted molar refractivity (Wildman–Crippen MR) is 307 cm³/mol. The average molecular weight is 922 g/mol. The first-order chi connectivity index (χ1) is 35.7. The zero-order chi connectivity index (χ0) is 48.1. The molecule has 0 saturated carbocycles. The van der Waals surface area contributed by atoms with Crippen LogP contribution in [0.15, 0.2) is 297 Å². The normalized spacial score (nSPS) is 11.8. The lowest BCUT2D eigenvalue weighted by molar-refractivity contribution is 1.03. The molecule has 0 saturated heterocycles. The van der Waals surface area contributed by atoms with Gasteiger partial charge in [-0.1, -0.05) is 194 Å². The van der Waals surface area contributed by atoms with E-state index in [0.29, 0.717) is 0 Å². The van der Waals surface area contributed by atoms with E-state index in [1.807, 2.05) is 0 Å². The van der Waals surface area contributed by atoms with E-state index in [1.54, 1.807) is 0 Å². The summed E-state index contributed by atoms with van der Waals surface area (Å²) in [5, 5.41) is 7.35. The Kier molecular flexibility index (Phi) is 12.1. The lowest BCUT2D eigenvalue weighted by atomic mass is 9.89. The first kappa shape index (κ1) is 43.8. The van der Waals surface area contributed by atoms with Crippen molar-refractivity contribution in [1.82, 2.24) is 0 Å². The Morgan fingerprint density at radius 3 is 0.958 bits per heavy atom. The van der Waals surface area contributed by atoms with Crippen LogP contribution in [0.2, 0.25) is 0 Å². The molecule has 1 atom stereocenters. The third kappa shape index (κ3) is 9.11. The molecule has 342 valence electrons. The number of rotatable bonds is 13. The molecule has 0 aromatic heterocycles. The minimum Gasteiger partial charge on any atom is -0.311 e. The fourth-order valence-corrected chi connectivity index (χ4v) is 10.0. The summed E-state index contributed by atoms with van der Waals surface area (Å²) in [5.74, 6) is 0.0964. The Bertz CT molecular complexity index is 3630. The van der Waals surface area contributed by atoms with E-state index < -0.39 is 0 Å². The van der Waals surface area contributed by atoms with E-state index >= 15 is 0 Å². The molecule has 0 radical (unpaired) electrons. The van der Waals surface area contributed by atoms with Gasteiger partial charge in [-0.25, -0.2) is 0 Å². The molecule has 0 aliphatic carbocycles. The molecule has 0 heterocycles. The van der Waals surface area contributed by atoms with Crippen molar-refractivity contribution in [2.24, 2.45) is 0 Å². The van der Waals surface area contributed by atoms with Gasteiger partial charge in [0.2, 0.25) is 0 Å². The number of hydrogen-bond acceptors (Lipinski definition) is 3. The van der Waals surface area contributed by atoms with Crippen LogP contribution in [0, 0.1) is 0 Å². The Hall–Kier alpha value is -9.44. The Labute approximate surface area is 422 Å². The van der Waals surface area contributed by atoms with Crippen molar-refractivity contribution in [3.05, 3.63) is 314 Å². The third-order valence-electron chi connectivity index (χ3n) is 13.7. The van der Waals surface area contributed by atoms with Gasteiger partial charge in [0.05, 0.1) is 0 Å². The standard InChI is InChI=1S/C69H51N3/c1-4-19-55(20-5-1)69(59-32-31-52-16-10-13-21-56(52)48-59)47-30-51-28-35-62(36-29-51)70(63-39-43-65(44-40-63)71(60-24-6-2-7-25-60)67-37-33-53-17-11-14-22-57(53)49-67)64-41-45-66(46-42-64)72(61-26-8-3-9-27-61)68-38-34-54-18-12-15-23-58(54)50-68/h1-50,69H/b47-30+/t69-/m0/s1. The predicted octanol–water partition coefficient (Wildman–Crippen LogP) is 19.4. The van der Waals surface area contributed by atoms with Crippen LogP contribution < -0.4 is 14.7 Å². The molecule has 72 heavy (non-hydrogen) atoms. The minimum atomic E-state index is 0.0964. The van der Waals surface area contributed by atoms with Crippen molar-refractivity contribution in [1.29, 1.82) is 0 Å². The lowest BCUT2D eigenvalue weighted by Crippen LogP contribution is -2.13. The maximum absolute atomic E-state index is 2.36. The lowest BCUT2D eigenvalue weighted by Gasteiger charge is -2.29. The summed E-state index contributed by atoms with van der Waals surface area (Å²) in [7, 11) is 0. The van der Waals surface area contributed by atoms with Crippen molar-refractivity contribution < 1.29 is 0 Å². The number of nitrogens with zero attached hydrogens (tertiary/aromatic N) is 3. The molecule has 0 amide bonds. The summed E-state index contributed by atoms with van der Waals surface area (Å²) < 4.78 is 0. The summed E-state index contributed by atoms with van der Waals surface area (Å²) in [5.41, 5.74) is 13.4. The first-order valence-electron chi connectivity index (χ1n) is 24.7. The van der Waals surface area contributed by atoms with Gasteiger partial charge in [-0.05, 0) is 158 Å². The highest BCUT2D eigenvalue weighted by Crippen LogP contribution is 2.42. The van der Waals surface area contributed by atoms with Crippen LogP contribution in [-0.2, 0) is 0 Å². The first-order valence-corrected chi connectivity index (χ1v) is 24.7. The van der Waals surface area contributed by atoms with Gasteiger partial charge in [0.15, 0.2) is 0 Å². The highest BCUT2D eigenvalue weighted by molar-refractivity contribution is 5.92. The number of allylic oxidation sites excluding steroid dienone is 1. The van der Waals surface area contributed by atoms with Gasteiger partial charge in [-0.2, -0.15) is 0 Å². The van der Waals surface area contributed by atoms with Crippen LogP contribution in [0.4, 0.5) is 51.2 Å². The topological polar surface area (TPSA) is 9.72 Å². The Morgan fingerprint density at radius 2 is 0.528 bits per heavy atom. The second-order valence-electron chi connectivity index (χ2n) is 18.2. The van der Waals surface area contributed by atoms with Gasteiger partial charge in [0, 0.05) is 57.1 Å². The number of fused-ring (bicyclic) bond motifs is 3. The number of anilines is 9. The van der Waals surface area contributed by atoms with Crippen LogP contribution in [0.3, 0.4) is 0 Å². The van der Waals surface area contributed by atoms with Gasteiger partial charge < -0.3 is 14.7 Å². The molecular weight excluding hydrogens is 871 g/mol. The molecule has 0 aliphatic heterocycles. The van der Waals surface area contributed by atoms with E-state index in [1.165, 1.54) is 43.4 Å². The van der Waals surface area contributed by atoms with E-state index in [4.69, 9.17) is 0 Å². The molecule has 0 bridgehead atoms. The average Bonchev–Trinajstić information content (AvgIpc) is 3.45. The second-order valence-corrected chi connectivity index (χ2v) is 18.2. The molecule has 12 rings (SSSR count). The fraction of sp³-hybridized carbons (Fsp3) is 0.0145. The summed E-state index contributed by atoms with van der Waals surface area (Å²) in [6.45, 7) is 0. The summed E-state index contributed by atoms with van der Waals surface area (Å²) in [6, 6.07) is 105. The summed E-state index contributed by atoms with van der Waals surface area (Å²) >= 11 is 0. The molecule has 3 nitrogen and oxygen atoms in total. The maximum Gasteiger partial charge on any atom is 0.0468 e. The van der Waals surface area contributed by atoms with Crippen LogP contribution in [0.5, 0.6) is 0 Å². The van der Waals surface area contributed by atoms with E-state index in [2.05, 4.69) is 318 Å². The SMILES string of the molecule is C(=C\[C@@H](c1ccccc1)c1ccc2ccccc2c1)/c1ccc(N(c2ccc(N(c3ccccc3)c3ccc4ccccc4c3)cc2)c2ccc(N(c3ccccc3)c3ccc4ccccc4c3)cc2)cc1. The van der Waals surface area contributed by atoms with E-state index in [9.17, 15) is 0 Å². The monoisotopic (exact) mass is 921 g/mol. The molecule has 12 aromatic rings. The molecule has 3 heteroatoms. The van der Waals surface area contributed by atoms with Crippen LogP contribution >= 0.6 is 0 Å². The second kappa shape index (κ2) is 19.9.